The Morgan fingerprint density at radius 2 is 2.35 bits per heavy atom. The van der Waals surface area contributed by atoms with E-state index in [1.807, 2.05) is 0 Å². The summed E-state index contributed by atoms with van der Waals surface area (Å²) in [6.07, 6.45) is 2.90. The highest BCUT2D eigenvalue weighted by Gasteiger charge is 2.14. The molecule has 1 saturated heterocycles. The molecule has 0 saturated carbocycles. The van der Waals surface area contributed by atoms with E-state index < -0.39 is 0 Å². The molecule has 1 aromatic rings. The second-order valence-corrected chi connectivity index (χ2v) is 3.75. The van der Waals surface area contributed by atoms with Crippen molar-refractivity contribution in [1.82, 2.24) is 10.3 Å². The molecular formula is C11H16Cl2N4. The van der Waals surface area contributed by atoms with Gasteiger partial charge in [-0.1, -0.05) is 0 Å². The normalized spacial score (nSPS) is 17.5. The molecule has 1 unspecified atom stereocenters. The number of aromatic nitrogens is 1. The SMILES string of the molecule is Cl.Cl.N#Cc1cccnc1NCC1CCNC1. The first-order chi connectivity index (χ1) is 7.40. The molecule has 0 bridgehead atoms. The van der Waals surface area contributed by atoms with Crippen molar-refractivity contribution in [2.24, 2.45) is 5.92 Å². The summed E-state index contributed by atoms with van der Waals surface area (Å²) in [5.41, 5.74) is 0.614. The molecule has 0 aromatic carbocycles. The first-order valence-electron chi connectivity index (χ1n) is 5.20. The van der Waals surface area contributed by atoms with Gasteiger partial charge < -0.3 is 10.6 Å². The summed E-state index contributed by atoms with van der Waals surface area (Å²) in [5.74, 6) is 1.35. The third-order valence-electron chi connectivity index (χ3n) is 2.65. The first-order valence-corrected chi connectivity index (χ1v) is 5.20. The van der Waals surface area contributed by atoms with Crippen LogP contribution < -0.4 is 10.6 Å². The quantitative estimate of drug-likeness (QED) is 0.883. The topological polar surface area (TPSA) is 60.7 Å². The Labute approximate surface area is 114 Å². The minimum atomic E-state index is 0. The summed E-state index contributed by atoms with van der Waals surface area (Å²) in [4.78, 5) is 4.16. The van der Waals surface area contributed by atoms with Gasteiger partial charge in [-0.15, -0.1) is 24.8 Å². The first kappa shape index (κ1) is 16.0. The summed E-state index contributed by atoms with van der Waals surface area (Å²) in [6.45, 7) is 3.04. The van der Waals surface area contributed by atoms with Gasteiger partial charge in [0.15, 0.2) is 0 Å². The summed E-state index contributed by atoms with van der Waals surface area (Å²) >= 11 is 0. The molecule has 0 aliphatic carbocycles. The third-order valence-corrected chi connectivity index (χ3v) is 2.65. The van der Waals surface area contributed by atoms with E-state index in [2.05, 4.69) is 21.7 Å². The van der Waals surface area contributed by atoms with Crippen LogP contribution in [0.25, 0.3) is 0 Å². The van der Waals surface area contributed by atoms with E-state index in [9.17, 15) is 0 Å². The predicted octanol–water partition coefficient (Wildman–Crippen LogP) is 1.82. The number of hydrogen-bond acceptors (Lipinski definition) is 4. The average Bonchev–Trinajstić information content (AvgIpc) is 2.79. The van der Waals surface area contributed by atoms with Crippen molar-refractivity contribution in [2.75, 3.05) is 25.0 Å². The van der Waals surface area contributed by atoms with Crippen molar-refractivity contribution in [3.05, 3.63) is 23.9 Å². The second kappa shape index (κ2) is 8.13. The Kier molecular flexibility index (Phi) is 7.64. The second-order valence-electron chi connectivity index (χ2n) is 3.75. The molecule has 2 rings (SSSR count). The fourth-order valence-electron chi connectivity index (χ4n) is 1.77. The number of anilines is 1. The van der Waals surface area contributed by atoms with Gasteiger partial charge in [0.1, 0.15) is 11.9 Å². The molecule has 0 spiro atoms. The van der Waals surface area contributed by atoms with Crippen LogP contribution in [0, 0.1) is 17.2 Å². The zero-order valence-electron chi connectivity index (χ0n) is 9.35. The summed E-state index contributed by atoms with van der Waals surface area (Å²) in [6, 6.07) is 5.69. The number of halogens is 2. The van der Waals surface area contributed by atoms with Crippen LogP contribution in [0.5, 0.6) is 0 Å². The molecule has 0 radical (unpaired) electrons. The van der Waals surface area contributed by atoms with Gasteiger partial charge in [-0.05, 0) is 37.6 Å². The highest BCUT2D eigenvalue weighted by molar-refractivity contribution is 5.85. The minimum Gasteiger partial charge on any atom is -0.369 e. The van der Waals surface area contributed by atoms with Crippen molar-refractivity contribution >= 4 is 30.6 Å². The maximum absolute atomic E-state index is 8.87. The monoisotopic (exact) mass is 274 g/mol. The smallest absolute Gasteiger partial charge is 0.143 e. The number of nitrogens with zero attached hydrogens (tertiary/aromatic N) is 2. The van der Waals surface area contributed by atoms with Gasteiger partial charge in [-0.2, -0.15) is 5.26 Å². The molecule has 1 fully saturated rings. The number of nitrogens with one attached hydrogen (secondary N) is 2. The molecule has 1 aliphatic rings. The van der Waals surface area contributed by atoms with Crippen molar-refractivity contribution < 1.29 is 0 Å². The molecule has 1 atom stereocenters. The number of nitriles is 1. The zero-order valence-corrected chi connectivity index (χ0v) is 11.0. The van der Waals surface area contributed by atoms with E-state index in [0.717, 1.165) is 19.6 Å². The average molecular weight is 275 g/mol. The summed E-state index contributed by atoms with van der Waals surface area (Å²) in [5, 5.41) is 15.4. The van der Waals surface area contributed by atoms with Crippen molar-refractivity contribution in [2.45, 2.75) is 6.42 Å². The fraction of sp³-hybridized carbons (Fsp3) is 0.455. The molecule has 94 valence electrons. The lowest BCUT2D eigenvalue weighted by Gasteiger charge is -2.10. The highest BCUT2D eigenvalue weighted by atomic mass is 35.5. The van der Waals surface area contributed by atoms with Gasteiger partial charge in [-0.25, -0.2) is 4.98 Å². The lowest BCUT2D eigenvalue weighted by molar-refractivity contribution is 0.614. The van der Waals surface area contributed by atoms with E-state index in [0.29, 0.717) is 17.3 Å². The Hall–Kier alpha value is -1.02. The van der Waals surface area contributed by atoms with Gasteiger partial charge >= 0.3 is 0 Å². The zero-order chi connectivity index (χ0) is 10.5. The van der Waals surface area contributed by atoms with Crippen LogP contribution in [0.3, 0.4) is 0 Å². The standard InChI is InChI=1S/C11H14N4.2ClH/c12-6-10-2-1-4-14-11(10)15-8-9-3-5-13-7-9;;/h1-2,4,9,13H,3,5,7-8H2,(H,14,15);2*1H. The number of pyridine rings is 1. The Balaban J connectivity index is 0.00000128. The van der Waals surface area contributed by atoms with Crippen LogP contribution >= 0.6 is 24.8 Å². The summed E-state index contributed by atoms with van der Waals surface area (Å²) in [7, 11) is 0. The summed E-state index contributed by atoms with van der Waals surface area (Å²) < 4.78 is 0. The van der Waals surface area contributed by atoms with Crippen LogP contribution in [0.2, 0.25) is 0 Å². The van der Waals surface area contributed by atoms with Gasteiger partial charge in [0.25, 0.3) is 0 Å². The van der Waals surface area contributed by atoms with E-state index >= 15 is 0 Å². The Bertz CT molecular complexity index is 372. The fourth-order valence-corrected chi connectivity index (χ4v) is 1.77. The number of rotatable bonds is 3. The molecular weight excluding hydrogens is 259 g/mol. The van der Waals surface area contributed by atoms with Crippen molar-refractivity contribution in [3.8, 4) is 6.07 Å². The van der Waals surface area contributed by atoms with E-state index in [-0.39, 0.29) is 24.8 Å². The van der Waals surface area contributed by atoms with E-state index in [4.69, 9.17) is 5.26 Å². The van der Waals surface area contributed by atoms with Crippen LogP contribution in [-0.4, -0.2) is 24.6 Å². The van der Waals surface area contributed by atoms with Crippen molar-refractivity contribution in [3.63, 3.8) is 0 Å². The van der Waals surface area contributed by atoms with Crippen LogP contribution in [0.1, 0.15) is 12.0 Å². The molecule has 17 heavy (non-hydrogen) atoms. The highest BCUT2D eigenvalue weighted by Crippen LogP contribution is 2.12. The lowest BCUT2D eigenvalue weighted by atomic mass is 10.1. The van der Waals surface area contributed by atoms with Gasteiger partial charge in [-0.3, -0.25) is 0 Å². The largest absolute Gasteiger partial charge is 0.369 e. The Morgan fingerprint density at radius 1 is 1.53 bits per heavy atom. The van der Waals surface area contributed by atoms with Crippen molar-refractivity contribution in [1.29, 1.82) is 5.26 Å². The van der Waals surface area contributed by atoms with Crippen LogP contribution in [-0.2, 0) is 0 Å². The molecule has 2 heterocycles. The third kappa shape index (κ3) is 4.39. The van der Waals surface area contributed by atoms with Gasteiger partial charge in [0, 0.05) is 12.7 Å². The van der Waals surface area contributed by atoms with E-state index in [1.165, 1.54) is 6.42 Å². The molecule has 4 nitrogen and oxygen atoms in total. The minimum absolute atomic E-state index is 0. The molecule has 1 aromatic heterocycles. The molecule has 2 N–H and O–H groups in total. The molecule has 0 amide bonds. The maximum Gasteiger partial charge on any atom is 0.143 e. The Morgan fingerprint density at radius 3 is 3.00 bits per heavy atom. The molecule has 1 aliphatic heterocycles. The van der Waals surface area contributed by atoms with E-state index in [1.54, 1.807) is 18.3 Å². The molecule has 6 heteroatoms. The van der Waals surface area contributed by atoms with Gasteiger partial charge in [0.05, 0.1) is 5.56 Å². The predicted molar refractivity (Wildman–Crippen MR) is 72.9 cm³/mol. The van der Waals surface area contributed by atoms with Gasteiger partial charge in [0.2, 0.25) is 0 Å². The lowest BCUT2D eigenvalue weighted by Crippen LogP contribution is -2.18. The number of hydrogen-bond donors (Lipinski definition) is 2. The van der Waals surface area contributed by atoms with Crippen LogP contribution in [0.4, 0.5) is 5.82 Å². The maximum atomic E-state index is 8.87. The van der Waals surface area contributed by atoms with Crippen LogP contribution in [0.15, 0.2) is 18.3 Å².